The number of carbonyl (C=O) groups is 1. The summed E-state index contributed by atoms with van der Waals surface area (Å²) in [6.45, 7) is 1.66. The van der Waals surface area contributed by atoms with Crippen molar-refractivity contribution in [3.05, 3.63) is 17.5 Å². The molecule has 0 aromatic carbocycles. The molecular formula is C11H11BrF3NO4. The zero-order valence-electron chi connectivity index (χ0n) is 10.3. The minimum atomic E-state index is -4.96. The first-order valence-electron chi connectivity index (χ1n) is 5.45. The fraction of sp³-hybridized carbons (Fsp3) is 0.455. The highest BCUT2D eigenvalue weighted by atomic mass is 79.9. The Bertz CT molecular complexity index is 493. The van der Waals surface area contributed by atoms with Crippen molar-refractivity contribution in [2.45, 2.75) is 25.0 Å². The van der Waals surface area contributed by atoms with Crippen LogP contribution in [0.5, 0.6) is 11.5 Å². The third-order valence-corrected chi connectivity index (χ3v) is 2.72. The van der Waals surface area contributed by atoms with Crippen molar-refractivity contribution in [3.8, 4) is 11.5 Å². The fourth-order valence-corrected chi connectivity index (χ4v) is 1.95. The lowest BCUT2D eigenvalue weighted by molar-refractivity contribution is -0.275. The summed E-state index contributed by atoms with van der Waals surface area (Å²) in [5.41, 5.74) is -0.398. The molecule has 1 aromatic rings. The van der Waals surface area contributed by atoms with Crippen molar-refractivity contribution in [2.75, 3.05) is 6.61 Å². The molecule has 0 spiro atoms. The molecule has 0 saturated carbocycles. The third kappa shape index (κ3) is 4.55. The Morgan fingerprint density at radius 1 is 1.50 bits per heavy atom. The van der Waals surface area contributed by atoms with Crippen molar-refractivity contribution in [1.82, 2.24) is 4.98 Å². The predicted octanol–water partition coefficient (Wildman–Crippen LogP) is 2.69. The molecule has 1 rings (SSSR count). The first kappa shape index (κ1) is 16.5. The Labute approximate surface area is 120 Å². The van der Waals surface area contributed by atoms with Gasteiger partial charge in [-0.25, -0.2) is 0 Å². The minimum absolute atomic E-state index is 0.0947. The Morgan fingerprint density at radius 3 is 2.65 bits per heavy atom. The summed E-state index contributed by atoms with van der Waals surface area (Å²) in [6.07, 6.45) is -4.50. The molecule has 0 fully saturated rings. The van der Waals surface area contributed by atoms with Crippen LogP contribution in [0.4, 0.5) is 13.2 Å². The van der Waals surface area contributed by atoms with Gasteiger partial charge >= 0.3 is 12.3 Å². The highest BCUT2D eigenvalue weighted by Crippen LogP contribution is 2.35. The second kappa shape index (κ2) is 6.78. The van der Waals surface area contributed by atoms with Gasteiger partial charge in [-0.05, 0) is 6.92 Å². The average Bonchev–Trinajstić information content (AvgIpc) is 2.31. The van der Waals surface area contributed by atoms with Crippen LogP contribution in [-0.4, -0.2) is 29.0 Å². The van der Waals surface area contributed by atoms with Crippen molar-refractivity contribution < 1.29 is 32.5 Å². The highest BCUT2D eigenvalue weighted by Gasteiger charge is 2.34. The van der Waals surface area contributed by atoms with E-state index in [1.54, 1.807) is 6.92 Å². The molecule has 0 aliphatic rings. The number of halogens is 4. The second-order valence-corrected chi connectivity index (χ2v) is 4.12. The average molecular weight is 358 g/mol. The van der Waals surface area contributed by atoms with Gasteiger partial charge in [0.2, 0.25) is 0 Å². The van der Waals surface area contributed by atoms with Crippen LogP contribution < -0.4 is 4.74 Å². The molecular weight excluding hydrogens is 347 g/mol. The van der Waals surface area contributed by atoms with E-state index in [2.05, 4.69) is 30.4 Å². The molecule has 0 unspecified atom stereocenters. The first-order valence-corrected chi connectivity index (χ1v) is 6.57. The molecule has 0 radical (unpaired) electrons. The summed E-state index contributed by atoms with van der Waals surface area (Å²) < 4.78 is 45.7. The van der Waals surface area contributed by atoms with Crippen LogP contribution in [0.3, 0.4) is 0 Å². The molecule has 0 amide bonds. The summed E-state index contributed by atoms with van der Waals surface area (Å²) in [6, 6.07) is 0. The van der Waals surface area contributed by atoms with Crippen LogP contribution in [0.15, 0.2) is 6.20 Å². The van der Waals surface area contributed by atoms with E-state index in [1.807, 2.05) is 0 Å². The Morgan fingerprint density at radius 2 is 2.15 bits per heavy atom. The number of rotatable bonds is 5. The summed E-state index contributed by atoms with van der Waals surface area (Å²) >= 11 is 2.95. The van der Waals surface area contributed by atoms with Gasteiger partial charge in [0.25, 0.3) is 0 Å². The van der Waals surface area contributed by atoms with Crippen molar-refractivity contribution in [1.29, 1.82) is 0 Å². The number of ether oxygens (including phenoxy) is 2. The zero-order valence-corrected chi connectivity index (χ0v) is 11.9. The van der Waals surface area contributed by atoms with Gasteiger partial charge in [-0.1, -0.05) is 15.9 Å². The number of esters is 1. The van der Waals surface area contributed by atoms with Gasteiger partial charge in [-0.2, -0.15) is 0 Å². The lowest BCUT2D eigenvalue weighted by Crippen LogP contribution is -2.21. The van der Waals surface area contributed by atoms with Gasteiger partial charge < -0.3 is 14.6 Å². The molecule has 0 aliphatic carbocycles. The lowest BCUT2D eigenvalue weighted by Gasteiger charge is -2.16. The fourth-order valence-electron chi connectivity index (χ4n) is 1.41. The minimum Gasteiger partial charge on any atom is -0.506 e. The van der Waals surface area contributed by atoms with Gasteiger partial charge in [0, 0.05) is 5.33 Å². The van der Waals surface area contributed by atoms with E-state index in [-0.39, 0.29) is 23.2 Å². The van der Waals surface area contributed by atoms with Crippen LogP contribution in [-0.2, 0) is 21.3 Å². The van der Waals surface area contributed by atoms with E-state index in [0.717, 1.165) is 6.20 Å². The first-order chi connectivity index (χ1) is 9.28. The largest absolute Gasteiger partial charge is 0.573 e. The topological polar surface area (TPSA) is 68.7 Å². The third-order valence-electron chi connectivity index (χ3n) is 2.16. The van der Waals surface area contributed by atoms with Crippen LogP contribution in [0.2, 0.25) is 0 Å². The summed E-state index contributed by atoms with van der Waals surface area (Å²) in [4.78, 5) is 14.9. The number of nitrogens with zero attached hydrogens (tertiary/aromatic N) is 1. The van der Waals surface area contributed by atoms with Crippen LogP contribution >= 0.6 is 15.9 Å². The van der Waals surface area contributed by atoms with E-state index in [9.17, 15) is 23.1 Å². The van der Waals surface area contributed by atoms with Gasteiger partial charge in [0.05, 0.1) is 30.5 Å². The summed E-state index contributed by atoms with van der Waals surface area (Å²) in [7, 11) is 0. The van der Waals surface area contributed by atoms with E-state index in [0.29, 0.717) is 0 Å². The molecule has 1 aromatic heterocycles. The van der Waals surface area contributed by atoms with Gasteiger partial charge in [0.1, 0.15) is 5.75 Å². The van der Waals surface area contributed by atoms with E-state index in [4.69, 9.17) is 0 Å². The molecule has 0 atom stereocenters. The maximum absolute atomic E-state index is 12.4. The maximum Gasteiger partial charge on any atom is 0.573 e. The quantitative estimate of drug-likeness (QED) is 0.648. The molecule has 1 heterocycles. The van der Waals surface area contributed by atoms with Gasteiger partial charge in [0.15, 0.2) is 5.75 Å². The zero-order chi connectivity index (χ0) is 15.3. The monoisotopic (exact) mass is 357 g/mol. The van der Waals surface area contributed by atoms with Crippen LogP contribution in [0.25, 0.3) is 0 Å². The molecule has 9 heteroatoms. The van der Waals surface area contributed by atoms with E-state index < -0.39 is 30.3 Å². The molecule has 5 nitrogen and oxygen atoms in total. The number of hydrogen-bond donors (Lipinski definition) is 1. The number of carbonyl (C=O) groups excluding carboxylic acids is 1. The van der Waals surface area contributed by atoms with Crippen molar-refractivity contribution >= 4 is 21.9 Å². The Balaban J connectivity index is 3.18. The van der Waals surface area contributed by atoms with Crippen LogP contribution in [0.1, 0.15) is 18.2 Å². The highest BCUT2D eigenvalue weighted by molar-refractivity contribution is 9.08. The van der Waals surface area contributed by atoms with E-state index in [1.165, 1.54) is 0 Å². The summed E-state index contributed by atoms with van der Waals surface area (Å²) in [5.74, 6) is -1.89. The SMILES string of the molecule is CCOC(=O)Cc1ncc(O)c(CBr)c1OC(F)(F)F. The number of alkyl halides is 4. The number of aromatic nitrogens is 1. The van der Waals surface area contributed by atoms with Crippen LogP contribution in [0, 0.1) is 0 Å². The van der Waals surface area contributed by atoms with Crippen molar-refractivity contribution in [2.24, 2.45) is 0 Å². The Hall–Kier alpha value is -1.51. The standard InChI is InChI=1S/C11H11BrF3NO4/c1-2-19-9(18)3-7-10(20-11(13,14)15)6(4-12)8(17)5-16-7/h5,17H,2-4H2,1H3. The maximum atomic E-state index is 12.4. The normalized spacial score (nSPS) is 11.2. The number of hydrogen-bond acceptors (Lipinski definition) is 5. The second-order valence-electron chi connectivity index (χ2n) is 3.56. The summed E-state index contributed by atoms with van der Waals surface area (Å²) in [5, 5.41) is 9.40. The molecule has 1 N–H and O–H groups in total. The Kier molecular flexibility index (Phi) is 5.61. The molecule has 112 valence electrons. The van der Waals surface area contributed by atoms with Gasteiger partial charge in [-0.15, -0.1) is 13.2 Å². The predicted molar refractivity (Wildman–Crippen MR) is 65.6 cm³/mol. The smallest absolute Gasteiger partial charge is 0.506 e. The number of aromatic hydroxyl groups is 1. The number of pyridine rings is 1. The van der Waals surface area contributed by atoms with Crippen molar-refractivity contribution in [3.63, 3.8) is 0 Å². The molecule has 0 bridgehead atoms. The van der Waals surface area contributed by atoms with E-state index >= 15 is 0 Å². The molecule has 20 heavy (non-hydrogen) atoms. The molecule has 0 saturated heterocycles. The lowest BCUT2D eigenvalue weighted by atomic mass is 10.1. The van der Waals surface area contributed by atoms with Gasteiger partial charge in [-0.3, -0.25) is 9.78 Å². The molecule has 0 aliphatic heterocycles.